The summed E-state index contributed by atoms with van der Waals surface area (Å²) in [6, 6.07) is 13.2. The molecule has 3 N–H and O–H groups in total. The highest BCUT2D eigenvalue weighted by atomic mass is 79.9. The van der Waals surface area contributed by atoms with Gasteiger partial charge in [-0.05, 0) is 56.4 Å². The number of benzene rings is 2. The summed E-state index contributed by atoms with van der Waals surface area (Å²) in [6.07, 6.45) is 0.621. The van der Waals surface area contributed by atoms with Crippen LogP contribution in [0.4, 0.5) is 4.39 Å². The second-order valence-corrected chi connectivity index (χ2v) is 6.53. The van der Waals surface area contributed by atoms with Crippen molar-refractivity contribution in [1.82, 2.24) is 5.43 Å². The lowest BCUT2D eigenvalue weighted by Gasteiger charge is -2.17. The molecule has 3 aromatic rings. The molecular weight excluding hydrogens is 351 g/mol. The molecule has 0 spiro atoms. The van der Waals surface area contributed by atoms with Crippen molar-refractivity contribution >= 4 is 37.4 Å². The van der Waals surface area contributed by atoms with Gasteiger partial charge in [0.1, 0.15) is 5.82 Å². The quantitative estimate of drug-likeness (QED) is 0.526. The lowest BCUT2D eigenvalue weighted by molar-refractivity contribution is 0.551. The minimum Gasteiger partial charge on any atom is -0.271 e. The molecule has 0 bridgehead atoms. The Morgan fingerprint density at radius 2 is 2.00 bits per heavy atom. The second-order valence-electron chi connectivity index (χ2n) is 4.82. The van der Waals surface area contributed by atoms with Crippen LogP contribution in [0.1, 0.15) is 17.2 Å². The molecule has 0 saturated heterocycles. The third-order valence-electron chi connectivity index (χ3n) is 3.54. The molecule has 108 valence electrons. The smallest absolute Gasteiger partial charge is 0.137 e. The van der Waals surface area contributed by atoms with Gasteiger partial charge in [0.25, 0.3) is 0 Å². The second kappa shape index (κ2) is 6.23. The maximum atomic E-state index is 13.6. The Bertz CT molecular complexity index is 772. The predicted molar refractivity (Wildman–Crippen MR) is 89.7 cm³/mol. The number of hydrazine groups is 1. The number of nitrogens with two attached hydrogens (primary N) is 1. The van der Waals surface area contributed by atoms with E-state index in [0.717, 1.165) is 11.1 Å². The lowest BCUT2D eigenvalue weighted by Crippen LogP contribution is -2.29. The van der Waals surface area contributed by atoms with Crippen molar-refractivity contribution in [3.8, 4) is 0 Å². The molecule has 0 aliphatic heterocycles. The maximum Gasteiger partial charge on any atom is 0.137 e. The Kier molecular flexibility index (Phi) is 4.35. The van der Waals surface area contributed by atoms with E-state index in [2.05, 4.69) is 38.9 Å². The van der Waals surface area contributed by atoms with E-state index < -0.39 is 0 Å². The molecule has 0 radical (unpaired) electrons. The molecule has 1 heterocycles. The van der Waals surface area contributed by atoms with Crippen LogP contribution in [0.3, 0.4) is 0 Å². The minimum atomic E-state index is -0.251. The molecule has 0 fully saturated rings. The summed E-state index contributed by atoms with van der Waals surface area (Å²) in [5.41, 5.74) is 4.90. The van der Waals surface area contributed by atoms with Crippen molar-refractivity contribution in [2.24, 2.45) is 5.84 Å². The number of halogens is 2. The largest absolute Gasteiger partial charge is 0.271 e. The summed E-state index contributed by atoms with van der Waals surface area (Å²) in [5, 5.41) is 3.31. The van der Waals surface area contributed by atoms with Gasteiger partial charge in [-0.2, -0.15) is 0 Å². The number of hydrogen-bond donors (Lipinski definition) is 2. The summed E-state index contributed by atoms with van der Waals surface area (Å²) in [4.78, 5) is 0. The van der Waals surface area contributed by atoms with Crippen LogP contribution in [0.15, 0.2) is 52.3 Å². The van der Waals surface area contributed by atoms with Gasteiger partial charge in [0, 0.05) is 4.70 Å². The van der Waals surface area contributed by atoms with E-state index >= 15 is 0 Å². The normalized spacial score (nSPS) is 12.7. The van der Waals surface area contributed by atoms with Crippen LogP contribution < -0.4 is 11.3 Å². The average Bonchev–Trinajstić information content (AvgIpc) is 2.93. The molecule has 21 heavy (non-hydrogen) atoms. The molecule has 0 aliphatic carbocycles. The first-order valence-corrected chi connectivity index (χ1v) is 8.23. The van der Waals surface area contributed by atoms with E-state index in [1.165, 1.54) is 16.2 Å². The highest BCUT2D eigenvalue weighted by Crippen LogP contribution is 2.33. The minimum absolute atomic E-state index is 0.0563. The van der Waals surface area contributed by atoms with Gasteiger partial charge < -0.3 is 0 Å². The third-order valence-corrected chi connectivity index (χ3v) is 5.41. The molecule has 0 aliphatic rings. The average molecular weight is 365 g/mol. The molecular formula is C16H14BrFN2S. The fourth-order valence-corrected chi connectivity index (χ4v) is 3.89. The zero-order valence-corrected chi connectivity index (χ0v) is 13.5. The molecule has 1 unspecified atom stereocenters. The van der Waals surface area contributed by atoms with Crippen LogP contribution in [0.2, 0.25) is 0 Å². The van der Waals surface area contributed by atoms with Crippen molar-refractivity contribution in [1.29, 1.82) is 0 Å². The summed E-state index contributed by atoms with van der Waals surface area (Å²) >= 11 is 5.00. The van der Waals surface area contributed by atoms with Crippen LogP contribution in [-0.2, 0) is 6.42 Å². The number of rotatable bonds is 4. The third kappa shape index (κ3) is 2.87. The molecule has 0 saturated carbocycles. The van der Waals surface area contributed by atoms with Gasteiger partial charge >= 0.3 is 0 Å². The van der Waals surface area contributed by atoms with E-state index in [0.29, 0.717) is 10.9 Å². The maximum absolute atomic E-state index is 13.6. The number of nitrogens with one attached hydrogen (secondary N) is 1. The Morgan fingerprint density at radius 1 is 1.19 bits per heavy atom. The Balaban J connectivity index is 1.97. The van der Waals surface area contributed by atoms with Crippen LogP contribution in [0, 0.1) is 5.82 Å². The van der Waals surface area contributed by atoms with Crippen molar-refractivity contribution in [3.05, 3.63) is 69.3 Å². The topological polar surface area (TPSA) is 38.0 Å². The van der Waals surface area contributed by atoms with E-state index in [-0.39, 0.29) is 11.9 Å². The summed E-state index contributed by atoms with van der Waals surface area (Å²) < 4.78 is 15.4. The fourth-order valence-electron chi connectivity index (χ4n) is 2.45. The van der Waals surface area contributed by atoms with E-state index in [9.17, 15) is 4.39 Å². The van der Waals surface area contributed by atoms with Gasteiger partial charge in [0.2, 0.25) is 0 Å². The lowest BCUT2D eigenvalue weighted by atomic mass is 9.99. The number of thiophene rings is 1. The Hall–Kier alpha value is -1.27. The SMILES string of the molecule is NNC(Cc1cccc(F)c1Br)c1csc2ccccc12. The van der Waals surface area contributed by atoms with Crippen molar-refractivity contribution in [2.45, 2.75) is 12.5 Å². The van der Waals surface area contributed by atoms with E-state index in [4.69, 9.17) is 5.84 Å². The first-order chi connectivity index (χ1) is 10.2. The van der Waals surface area contributed by atoms with Gasteiger partial charge in [-0.1, -0.05) is 30.3 Å². The molecule has 1 atom stereocenters. The molecule has 3 rings (SSSR count). The molecule has 2 nitrogen and oxygen atoms in total. The first kappa shape index (κ1) is 14.7. The van der Waals surface area contributed by atoms with Crippen molar-refractivity contribution < 1.29 is 4.39 Å². The zero-order chi connectivity index (χ0) is 14.8. The number of fused-ring (bicyclic) bond motifs is 1. The van der Waals surface area contributed by atoms with Crippen molar-refractivity contribution in [3.63, 3.8) is 0 Å². The fraction of sp³-hybridized carbons (Fsp3) is 0.125. The van der Waals surface area contributed by atoms with Gasteiger partial charge in [-0.3, -0.25) is 11.3 Å². The Labute approximate surface area is 134 Å². The zero-order valence-electron chi connectivity index (χ0n) is 11.1. The molecule has 1 aromatic heterocycles. The van der Waals surface area contributed by atoms with Crippen LogP contribution >= 0.6 is 27.3 Å². The van der Waals surface area contributed by atoms with Gasteiger partial charge in [-0.15, -0.1) is 11.3 Å². The van der Waals surface area contributed by atoms with E-state index in [1.54, 1.807) is 17.4 Å². The molecule has 2 aromatic carbocycles. The highest BCUT2D eigenvalue weighted by Gasteiger charge is 2.17. The first-order valence-electron chi connectivity index (χ1n) is 6.56. The monoisotopic (exact) mass is 364 g/mol. The van der Waals surface area contributed by atoms with Crippen molar-refractivity contribution in [2.75, 3.05) is 0 Å². The van der Waals surface area contributed by atoms with Crippen LogP contribution in [0.5, 0.6) is 0 Å². The number of hydrogen-bond acceptors (Lipinski definition) is 3. The summed E-state index contributed by atoms with van der Waals surface area (Å²) in [7, 11) is 0. The highest BCUT2D eigenvalue weighted by molar-refractivity contribution is 9.10. The summed E-state index contributed by atoms with van der Waals surface area (Å²) in [6.45, 7) is 0. The van der Waals surface area contributed by atoms with Crippen LogP contribution in [-0.4, -0.2) is 0 Å². The van der Waals surface area contributed by atoms with E-state index in [1.807, 2.05) is 18.2 Å². The molecule has 0 amide bonds. The van der Waals surface area contributed by atoms with Crippen LogP contribution in [0.25, 0.3) is 10.1 Å². The summed E-state index contributed by atoms with van der Waals surface area (Å²) in [5.74, 6) is 5.49. The molecule has 5 heteroatoms. The van der Waals surface area contributed by atoms with Gasteiger partial charge in [0.15, 0.2) is 0 Å². The Morgan fingerprint density at radius 3 is 2.81 bits per heavy atom. The predicted octanol–water partition coefficient (Wildman–Crippen LogP) is 4.55. The van der Waals surface area contributed by atoms with Gasteiger partial charge in [-0.25, -0.2) is 4.39 Å². The van der Waals surface area contributed by atoms with Gasteiger partial charge in [0.05, 0.1) is 10.5 Å². The standard InChI is InChI=1S/C16H14BrFN2S/c17-16-10(4-3-6-13(16)18)8-14(20-19)12-9-21-15-7-2-1-5-11(12)15/h1-7,9,14,20H,8,19H2.